The van der Waals surface area contributed by atoms with Crippen molar-refractivity contribution in [1.29, 1.82) is 0 Å². The Balaban J connectivity index is 2.56. The first kappa shape index (κ1) is 10.8. The van der Waals surface area contributed by atoms with Crippen LogP contribution in [-0.2, 0) is 0 Å². The van der Waals surface area contributed by atoms with Crippen LogP contribution < -0.4 is 5.73 Å². The standard InChI is InChI=1S/C14H12ClN/c1-2-10-4-3-5-13(14(10)16)11-6-8-12(15)9-7-11/h2-9H,1,16H2. The summed E-state index contributed by atoms with van der Waals surface area (Å²) in [5.41, 5.74) is 9.83. The molecule has 0 unspecified atom stereocenters. The van der Waals surface area contributed by atoms with E-state index in [9.17, 15) is 0 Å². The van der Waals surface area contributed by atoms with Crippen molar-refractivity contribution < 1.29 is 0 Å². The van der Waals surface area contributed by atoms with Crippen molar-refractivity contribution >= 4 is 23.4 Å². The smallest absolute Gasteiger partial charge is 0.0467 e. The fourth-order valence-electron chi connectivity index (χ4n) is 1.64. The number of nitrogens with two attached hydrogens (primary N) is 1. The Bertz CT molecular complexity index is 515. The van der Waals surface area contributed by atoms with E-state index in [4.69, 9.17) is 17.3 Å². The fourth-order valence-corrected chi connectivity index (χ4v) is 1.77. The highest BCUT2D eigenvalue weighted by molar-refractivity contribution is 6.30. The first-order chi connectivity index (χ1) is 7.72. The summed E-state index contributed by atoms with van der Waals surface area (Å²) in [5.74, 6) is 0. The molecule has 0 radical (unpaired) electrons. The Morgan fingerprint density at radius 1 is 1.06 bits per heavy atom. The van der Waals surface area contributed by atoms with Gasteiger partial charge >= 0.3 is 0 Å². The third-order valence-corrected chi connectivity index (χ3v) is 2.77. The quantitative estimate of drug-likeness (QED) is 0.767. The van der Waals surface area contributed by atoms with Crippen LogP contribution >= 0.6 is 11.6 Å². The van der Waals surface area contributed by atoms with E-state index in [1.165, 1.54) is 0 Å². The predicted octanol–water partition coefficient (Wildman–Crippen LogP) is 4.23. The van der Waals surface area contributed by atoms with Crippen molar-refractivity contribution in [3.8, 4) is 11.1 Å². The first-order valence-corrected chi connectivity index (χ1v) is 5.37. The maximum Gasteiger partial charge on any atom is 0.0467 e. The second-order valence-corrected chi connectivity index (χ2v) is 3.96. The van der Waals surface area contributed by atoms with E-state index in [0.29, 0.717) is 0 Å². The van der Waals surface area contributed by atoms with Gasteiger partial charge in [0.1, 0.15) is 0 Å². The molecule has 80 valence electrons. The minimum Gasteiger partial charge on any atom is -0.398 e. The van der Waals surface area contributed by atoms with Crippen molar-refractivity contribution in [2.45, 2.75) is 0 Å². The first-order valence-electron chi connectivity index (χ1n) is 4.99. The lowest BCUT2D eigenvalue weighted by molar-refractivity contribution is 1.59. The van der Waals surface area contributed by atoms with Crippen molar-refractivity contribution in [2.75, 3.05) is 5.73 Å². The van der Waals surface area contributed by atoms with E-state index in [2.05, 4.69) is 6.58 Å². The lowest BCUT2D eigenvalue weighted by atomic mass is 10.0. The molecule has 0 heterocycles. The van der Waals surface area contributed by atoms with Crippen LogP contribution in [0.25, 0.3) is 17.2 Å². The molecule has 0 aromatic heterocycles. The van der Waals surface area contributed by atoms with Gasteiger partial charge in [0, 0.05) is 16.3 Å². The Morgan fingerprint density at radius 3 is 2.38 bits per heavy atom. The average Bonchev–Trinajstić information content (AvgIpc) is 2.31. The second kappa shape index (κ2) is 4.42. The van der Waals surface area contributed by atoms with Crippen LogP contribution in [-0.4, -0.2) is 0 Å². The molecule has 0 aliphatic carbocycles. The minimum absolute atomic E-state index is 0.724. The van der Waals surface area contributed by atoms with Gasteiger partial charge in [-0.1, -0.05) is 54.6 Å². The molecule has 0 saturated carbocycles. The van der Waals surface area contributed by atoms with Crippen molar-refractivity contribution in [3.63, 3.8) is 0 Å². The van der Waals surface area contributed by atoms with Crippen molar-refractivity contribution in [2.24, 2.45) is 0 Å². The van der Waals surface area contributed by atoms with Gasteiger partial charge in [0.15, 0.2) is 0 Å². The number of hydrogen-bond donors (Lipinski definition) is 1. The molecule has 0 bridgehead atoms. The zero-order valence-electron chi connectivity index (χ0n) is 8.78. The van der Waals surface area contributed by atoms with Gasteiger partial charge in [-0.25, -0.2) is 0 Å². The maximum atomic E-state index is 6.06. The van der Waals surface area contributed by atoms with E-state index >= 15 is 0 Å². The van der Waals surface area contributed by atoms with Crippen LogP contribution in [0.15, 0.2) is 49.0 Å². The van der Waals surface area contributed by atoms with Gasteiger partial charge in [-0.05, 0) is 23.3 Å². The molecule has 0 fully saturated rings. The average molecular weight is 230 g/mol. The Labute approximate surface area is 100 Å². The summed E-state index contributed by atoms with van der Waals surface area (Å²) in [6, 6.07) is 13.5. The maximum absolute atomic E-state index is 6.06. The molecule has 2 heteroatoms. The van der Waals surface area contributed by atoms with Gasteiger partial charge in [0.25, 0.3) is 0 Å². The van der Waals surface area contributed by atoms with E-state index in [-0.39, 0.29) is 0 Å². The third kappa shape index (κ3) is 1.95. The molecular formula is C14H12ClN. The number of rotatable bonds is 2. The third-order valence-electron chi connectivity index (χ3n) is 2.51. The van der Waals surface area contributed by atoms with Crippen LogP contribution in [0.5, 0.6) is 0 Å². The highest BCUT2D eigenvalue weighted by Gasteiger charge is 2.04. The molecule has 0 aliphatic rings. The van der Waals surface area contributed by atoms with Crippen molar-refractivity contribution in [3.05, 3.63) is 59.6 Å². The summed E-state index contributed by atoms with van der Waals surface area (Å²) in [6.45, 7) is 3.74. The van der Waals surface area contributed by atoms with Gasteiger partial charge in [-0.2, -0.15) is 0 Å². The Morgan fingerprint density at radius 2 is 1.75 bits per heavy atom. The molecule has 0 saturated heterocycles. The molecule has 1 nitrogen and oxygen atoms in total. The topological polar surface area (TPSA) is 26.0 Å². The van der Waals surface area contributed by atoms with Crippen LogP contribution in [0.3, 0.4) is 0 Å². The normalized spacial score (nSPS) is 10.1. The lowest BCUT2D eigenvalue weighted by Gasteiger charge is -2.08. The van der Waals surface area contributed by atoms with Gasteiger partial charge in [0.05, 0.1) is 0 Å². The van der Waals surface area contributed by atoms with Crippen LogP contribution in [0.4, 0.5) is 5.69 Å². The van der Waals surface area contributed by atoms with E-state index < -0.39 is 0 Å². The van der Waals surface area contributed by atoms with Crippen LogP contribution in [0, 0.1) is 0 Å². The van der Waals surface area contributed by atoms with Crippen LogP contribution in [0.1, 0.15) is 5.56 Å². The molecule has 2 aromatic carbocycles. The summed E-state index contributed by atoms with van der Waals surface area (Å²) in [7, 11) is 0. The Kier molecular flexibility index (Phi) is 2.97. The number of nitrogen functional groups attached to an aromatic ring is 1. The highest BCUT2D eigenvalue weighted by Crippen LogP contribution is 2.29. The summed E-state index contributed by atoms with van der Waals surface area (Å²) < 4.78 is 0. The van der Waals surface area contributed by atoms with Crippen molar-refractivity contribution in [1.82, 2.24) is 0 Å². The number of halogens is 1. The number of hydrogen-bond acceptors (Lipinski definition) is 1. The lowest BCUT2D eigenvalue weighted by Crippen LogP contribution is -1.93. The van der Waals surface area contributed by atoms with Gasteiger partial charge in [0.2, 0.25) is 0 Å². The van der Waals surface area contributed by atoms with E-state index in [0.717, 1.165) is 27.4 Å². The molecular weight excluding hydrogens is 218 g/mol. The van der Waals surface area contributed by atoms with Gasteiger partial charge in [-0.15, -0.1) is 0 Å². The zero-order chi connectivity index (χ0) is 11.5. The van der Waals surface area contributed by atoms with E-state index in [1.54, 1.807) is 6.08 Å². The zero-order valence-corrected chi connectivity index (χ0v) is 9.54. The summed E-state index contributed by atoms with van der Waals surface area (Å²) >= 11 is 5.85. The molecule has 2 aromatic rings. The highest BCUT2D eigenvalue weighted by atomic mass is 35.5. The fraction of sp³-hybridized carbons (Fsp3) is 0. The summed E-state index contributed by atoms with van der Waals surface area (Å²) in [4.78, 5) is 0. The summed E-state index contributed by atoms with van der Waals surface area (Å²) in [6.07, 6.45) is 1.76. The number of para-hydroxylation sites is 1. The monoisotopic (exact) mass is 229 g/mol. The molecule has 2 rings (SSSR count). The molecule has 16 heavy (non-hydrogen) atoms. The molecule has 0 aliphatic heterocycles. The largest absolute Gasteiger partial charge is 0.398 e. The molecule has 0 atom stereocenters. The van der Waals surface area contributed by atoms with Gasteiger partial charge in [-0.3, -0.25) is 0 Å². The number of anilines is 1. The molecule has 0 spiro atoms. The number of benzene rings is 2. The molecule has 0 amide bonds. The Hall–Kier alpha value is -1.73. The van der Waals surface area contributed by atoms with E-state index in [1.807, 2.05) is 42.5 Å². The van der Waals surface area contributed by atoms with Crippen LogP contribution in [0.2, 0.25) is 5.02 Å². The second-order valence-electron chi connectivity index (χ2n) is 3.52. The predicted molar refractivity (Wildman–Crippen MR) is 71.4 cm³/mol. The van der Waals surface area contributed by atoms with Gasteiger partial charge < -0.3 is 5.73 Å². The SMILES string of the molecule is C=Cc1cccc(-c2ccc(Cl)cc2)c1N. The summed E-state index contributed by atoms with van der Waals surface area (Å²) in [5, 5.41) is 0.724. The molecule has 2 N–H and O–H groups in total. The minimum atomic E-state index is 0.724.